The van der Waals surface area contributed by atoms with E-state index in [9.17, 15) is 14.7 Å². The molecule has 0 amide bonds. The average molecular weight is 816 g/mol. The molecule has 332 valence electrons. The van der Waals surface area contributed by atoms with Crippen molar-refractivity contribution >= 4 is 0 Å². The van der Waals surface area contributed by atoms with Gasteiger partial charge in [-0.25, -0.2) is 9.48 Å². The Morgan fingerprint density at radius 1 is 0.793 bits per heavy atom. The predicted octanol–water partition coefficient (Wildman–Crippen LogP) is 9.99. The molecule has 2 aromatic heterocycles. The minimum atomic E-state index is -0.790. The minimum Gasteiger partial charge on any atom is -0.390 e. The van der Waals surface area contributed by atoms with Crippen molar-refractivity contribution in [2.75, 3.05) is 13.2 Å². The molecule has 2 saturated heterocycles. The summed E-state index contributed by atoms with van der Waals surface area (Å²) in [6, 6.07) is 0. The molecule has 4 heterocycles. The standard InChI is InChI=1S/C46H81N5O7/c1-4-6-8-10-12-14-16-18-20-22-25-29-46(30-26-23-21-19-17-15-13-11-9-7-5-2)56-37-40(58-46)28-24-27-31-55-36-39-34-50(49-48-39)35-42-41(52)32-43(57-42)51-33-38(3)44(53)47-45(51)54/h33-34,40-43,52H,4-32,35-37H2,1-3H3,(H,47,53,54)/t40?,41?,42-,43-/m1/s1. The Balaban J connectivity index is 1.10. The molecule has 2 aliphatic heterocycles. The van der Waals surface area contributed by atoms with Crippen molar-refractivity contribution < 1.29 is 24.1 Å². The molecule has 2 fully saturated rings. The van der Waals surface area contributed by atoms with Gasteiger partial charge in [-0.15, -0.1) is 5.10 Å². The zero-order chi connectivity index (χ0) is 41.3. The Hall–Kier alpha value is -2.38. The molecular weight excluding hydrogens is 735 g/mol. The van der Waals surface area contributed by atoms with Crippen LogP contribution in [0.2, 0.25) is 0 Å². The van der Waals surface area contributed by atoms with Gasteiger partial charge in [-0.2, -0.15) is 0 Å². The number of aliphatic hydroxyl groups is 1. The third kappa shape index (κ3) is 18.1. The summed E-state index contributed by atoms with van der Waals surface area (Å²) in [5.41, 5.74) is 0.122. The molecule has 2 aliphatic rings. The van der Waals surface area contributed by atoms with Gasteiger partial charge in [0.2, 0.25) is 0 Å². The fourth-order valence-electron chi connectivity index (χ4n) is 8.54. The van der Waals surface area contributed by atoms with Crippen LogP contribution in [0.5, 0.6) is 0 Å². The van der Waals surface area contributed by atoms with E-state index in [-0.39, 0.29) is 19.1 Å². The highest BCUT2D eigenvalue weighted by atomic mass is 16.7. The lowest BCUT2D eigenvalue weighted by Gasteiger charge is -2.28. The number of aliphatic hydroxyl groups excluding tert-OH is 1. The van der Waals surface area contributed by atoms with Gasteiger partial charge in [0.1, 0.15) is 18.0 Å². The van der Waals surface area contributed by atoms with E-state index in [0.717, 1.165) is 32.1 Å². The third-order valence-corrected chi connectivity index (χ3v) is 12.2. The second kappa shape index (κ2) is 28.2. The molecule has 4 rings (SSSR count). The van der Waals surface area contributed by atoms with Gasteiger partial charge in [0.25, 0.3) is 5.56 Å². The summed E-state index contributed by atoms with van der Waals surface area (Å²) >= 11 is 0. The van der Waals surface area contributed by atoms with Gasteiger partial charge in [-0.3, -0.25) is 14.3 Å². The first kappa shape index (κ1) is 48.3. The van der Waals surface area contributed by atoms with Crippen LogP contribution in [-0.4, -0.2) is 67.0 Å². The molecule has 2 aromatic rings. The van der Waals surface area contributed by atoms with E-state index < -0.39 is 35.5 Å². The van der Waals surface area contributed by atoms with Gasteiger partial charge in [0.05, 0.1) is 38.2 Å². The van der Waals surface area contributed by atoms with Crippen molar-refractivity contribution in [2.45, 2.75) is 244 Å². The van der Waals surface area contributed by atoms with Gasteiger partial charge < -0.3 is 24.1 Å². The lowest BCUT2D eigenvalue weighted by atomic mass is 9.98. The first-order valence-electron chi connectivity index (χ1n) is 23.8. The second-order valence-electron chi connectivity index (χ2n) is 17.4. The molecule has 58 heavy (non-hydrogen) atoms. The molecule has 4 atom stereocenters. The van der Waals surface area contributed by atoms with Crippen molar-refractivity contribution in [2.24, 2.45) is 0 Å². The van der Waals surface area contributed by atoms with Crippen LogP contribution < -0.4 is 11.2 Å². The number of hydrogen-bond acceptors (Lipinski definition) is 9. The van der Waals surface area contributed by atoms with Crippen molar-refractivity contribution in [3.8, 4) is 0 Å². The average Bonchev–Trinajstić information content (AvgIpc) is 3.94. The molecule has 0 saturated carbocycles. The monoisotopic (exact) mass is 816 g/mol. The van der Waals surface area contributed by atoms with Crippen LogP contribution in [0.25, 0.3) is 0 Å². The number of aryl methyl sites for hydroxylation is 1. The number of unbranched alkanes of at least 4 members (excludes halogenated alkanes) is 21. The number of rotatable bonds is 34. The maximum atomic E-state index is 12.3. The van der Waals surface area contributed by atoms with Crippen molar-refractivity contribution in [3.05, 3.63) is 44.5 Å². The first-order valence-corrected chi connectivity index (χ1v) is 23.8. The summed E-state index contributed by atoms with van der Waals surface area (Å²) in [5.74, 6) is -0.398. The summed E-state index contributed by atoms with van der Waals surface area (Å²) < 4.78 is 28.2. The fourth-order valence-corrected chi connectivity index (χ4v) is 8.54. The van der Waals surface area contributed by atoms with Gasteiger partial charge in [0.15, 0.2) is 5.79 Å². The Bertz CT molecular complexity index is 1450. The summed E-state index contributed by atoms with van der Waals surface area (Å²) in [7, 11) is 0. The maximum Gasteiger partial charge on any atom is 0.330 e. The number of ether oxygens (including phenoxy) is 4. The van der Waals surface area contributed by atoms with Crippen LogP contribution in [0.1, 0.15) is 211 Å². The van der Waals surface area contributed by atoms with Gasteiger partial charge in [-0.1, -0.05) is 147 Å². The molecule has 12 heteroatoms. The predicted molar refractivity (Wildman–Crippen MR) is 230 cm³/mol. The summed E-state index contributed by atoms with van der Waals surface area (Å²) in [5, 5.41) is 19.1. The first-order chi connectivity index (χ1) is 28.3. The highest BCUT2D eigenvalue weighted by Crippen LogP contribution is 2.36. The van der Waals surface area contributed by atoms with Crippen molar-refractivity contribution in [1.82, 2.24) is 24.5 Å². The van der Waals surface area contributed by atoms with E-state index in [1.165, 1.54) is 152 Å². The molecule has 12 nitrogen and oxygen atoms in total. The zero-order valence-electron chi connectivity index (χ0n) is 36.8. The number of H-pyrrole nitrogens is 1. The van der Waals surface area contributed by atoms with Crippen LogP contribution in [0.15, 0.2) is 22.0 Å². The lowest BCUT2D eigenvalue weighted by molar-refractivity contribution is -0.180. The number of aromatic nitrogens is 5. The Morgan fingerprint density at radius 2 is 1.36 bits per heavy atom. The van der Waals surface area contributed by atoms with Gasteiger partial charge >= 0.3 is 5.69 Å². The number of hydrogen-bond donors (Lipinski definition) is 2. The van der Waals surface area contributed by atoms with Crippen LogP contribution in [0, 0.1) is 6.92 Å². The van der Waals surface area contributed by atoms with Crippen molar-refractivity contribution in [1.29, 1.82) is 0 Å². The summed E-state index contributed by atoms with van der Waals surface area (Å²) in [6.07, 6.45) is 36.2. The SMILES string of the molecule is CCCCCCCCCCCCCC1(CCCCCCCCCCCCC)OCC(CCCCOCc2cn(C[C@H]3O[C@@H](n4cc(C)c(=O)[nH]c4=O)CC3O)nn2)O1. The number of nitrogens with zero attached hydrogens (tertiary/aromatic N) is 4. The maximum absolute atomic E-state index is 12.3. The second-order valence-corrected chi connectivity index (χ2v) is 17.4. The molecule has 0 aromatic carbocycles. The Morgan fingerprint density at radius 3 is 1.95 bits per heavy atom. The van der Waals surface area contributed by atoms with E-state index in [1.54, 1.807) is 17.8 Å². The van der Waals surface area contributed by atoms with Crippen molar-refractivity contribution in [3.63, 3.8) is 0 Å². The molecular formula is C46H81N5O7. The van der Waals surface area contributed by atoms with Gasteiger partial charge in [0, 0.05) is 37.6 Å². The van der Waals surface area contributed by atoms with E-state index in [2.05, 4.69) is 29.1 Å². The summed E-state index contributed by atoms with van der Waals surface area (Å²) in [4.78, 5) is 26.4. The normalized spacial score (nSPS) is 20.4. The van der Waals surface area contributed by atoms with Crippen LogP contribution in [0.3, 0.4) is 0 Å². The molecule has 0 radical (unpaired) electrons. The topological polar surface area (TPSA) is 143 Å². The highest BCUT2D eigenvalue weighted by molar-refractivity contribution is 5.02. The summed E-state index contributed by atoms with van der Waals surface area (Å²) in [6.45, 7) is 8.16. The third-order valence-electron chi connectivity index (χ3n) is 12.2. The smallest absolute Gasteiger partial charge is 0.330 e. The minimum absolute atomic E-state index is 0.153. The fraction of sp³-hybridized carbons (Fsp3) is 0.870. The van der Waals surface area contributed by atoms with Crippen LogP contribution >= 0.6 is 0 Å². The molecule has 0 aliphatic carbocycles. The number of aromatic amines is 1. The quantitative estimate of drug-likeness (QED) is 0.0660. The largest absolute Gasteiger partial charge is 0.390 e. The van der Waals surface area contributed by atoms with E-state index >= 15 is 0 Å². The Labute approximate surface area is 349 Å². The lowest BCUT2D eigenvalue weighted by Crippen LogP contribution is -2.33. The molecule has 0 bridgehead atoms. The van der Waals surface area contributed by atoms with Gasteiger partial charge in [-0.05, 0) is 39.0 Å². The van der Waals surface area contributed by atoms with Crippen LogP contribution in [0.4, 0.5) is 0 Å². The zero-order valence-corrected chi connectivity index (χ0v) is 36.8. The molecule has 0 spiro atoms. The van der Waals surface area contributed by atoms with Crippen LogP contribution in [-0.2, 0) is 32.1 Å². The van der Waals surface area contributed by atoms with E-state index in [4.69, 9.17) is 18.9 Å². The van der Waals surface area contributed by atoms with E-state index in [0.29, 0.717) is 31.1 Å². The highest BCUT2D eigenvalue weighted by Gasteiger charge is 2.40. The number of nitrogens with one attached hydrogen (secondary N) is 1. The Kier molecular flexibility index (Phi) is 23.5. The molecule has 2 unspecified atom stereocenters. The van der Waals surface area contributed by atoms with E-state index in [1.807, 2.05) is 0 Å². The molecule has 2 N–H and O–H groups in total.